The topological polar surface area (TPSA) is 79.0 Å². The molecule has 1 aromatic heterocycles. The zero-order chi connectivity index (χ0) is 20.4. The van der Waals surface area contributed by atoms with E-state index in [1.807, 2.05) is 30.3 Å². The lowest BCUT2D eigenvalue weighted by molar-refractivity contribution is 0.278. The molecule has 3 aromatic rings. The Morgan fingerprint density at radius 2 is 1.83 bits per heavy atom. The number of methoxy groups -OCH3 is 2. The molecule has 2 N–H and O–H groups in total. The maximum Gasteiger partial charge on any atom is 0.283 e. The van der Waals surface area contributed by atoms with Gasteiger partial charge in [-0.1, -0.05) is 24.3 Å². The summed E-state index contributed by atoms with van der Waals surface area (Å²) in [7, 11) is 3.02. The smallest absolute Gasteiger partial charge is 0.283 e. The predicted molar refractivity (Wildman–Crippen MR) is 108 cm³/mol. The van der Waals surface area contributed by atoms with E-state index in [2.05, 4.69) is 9.98 Å². The maximum atomic E-state index is 14.4. The lowest BCUT2D eigenvalue weighted by Crippen LogP contribution is -2.27. The summed E-state index contributed by atoms with van der Waals surface area (Å²) >= 11 is 0. The van der Waals surface area contributed by atoms with Gasteiger partial charge in [-0.25, -0.2) is 9.38 Å². The van der Waals surface area contributed by atoms with E-state index in [0.29, 0.717) is 11.3 Å². The van der Waals surface area contributed by atoms with E-state index in [1.165, 1.54) is 13.2 Å². The van der Waals surface area contributed by atoms with Crippen LogP contribution in [0.25, 0.3) is 11.1 Å². The number of nitrogens with zero attached hydrogens (tertiary/aromatic N) is 2. The van der Waals surface area contributed by atoms with Gasteiger partial charge in [-0.05, 0) is 41.0 Å². The molecule has 1 aliphatic rings. The highest BCUT2D eigenvalue weighted by Gasteiger charge is 2.40. The number of pyridine rings is 1. The minimum atomic E-state index is -0.959. The molecule has 7 heteroatoms. The minimum absolute atomic E-state index is 0.0645. The Morgan fingerprint density at radius 3 is 2.52 bits per heavy atom. The van der Waals surface area contributed by atoms with Crippen LogP contribution in [0, 0.1) is 5.82 Å². The van der Waals surface area contributed by atoms with Crippen molar-refractivity contribution in [2.45, 2.75) is 5.54 Å². The molecule has 0 bridgehead atoms. The number of ether oxygens (including phenoxy) is 3. The molecule has 0 radical (unpaired) electrons. The van der Waals surface area contributed by atoms with Crippen LogP contribution in [0.15, 0.2) is 65.9 Å². The molecule has 1 atom stereocenters. The van der Waals surface area contributed by atoms with Crippen molar-refractivity contribution in [3.8, 4) is 22.6 Å². The maximum absolute atomic E-state index is 14.4. The van der Waals surface area contributed by atoms with Gasteiger partial charge in [0.05, 0.1) is 20.4 Å². The van der Waals surface area contributed by atoms with Gasteiger partial charge in [0.2, 0.25) is 0 Å². The molecule has 2 heterocycles. The molecule has 0 fully saturated rings. The Hall–Kier alpha value is -3.61. The number of amidine groups is 1. The number of aliphatic imine (C=N–C) groups is 1. The van der Waals surface area contributed by atoms with Crippen LogP contribution in [0.4, 0.5) is 4.39 Å². The molecule has 148 valence electrons. The fourth-order valence-corrected chi connectivity index (χ4v) is 3.46. The first kappa shape index (κ1) is 18.7. The van der Waals surface area contributed by atoms with Gasteiger partial charge in [0.15, 0.2) is 17.1 Å². The standard InChI is InChI=1S/C22H20FN3O3/c1-27-18-9-15(11-25-12-18)14-4-3-5-16(8-14)22(13-29-21(24)26-22)17-6-7-20(28-2)19(23)10-17/h3-12H,13H2,1-2H3,(H2,24,26)/t22-/m0/s1. The third-order valence-electron chi connectivity index (χ3n) is 4.98. The van der Waals surface area contributed by atoms with Crippen LogP contribution >= 0.6 is 0 Å². The molecule has 6 nitrogen and oxygen atoms in total. The van der Waals surface area contributed by atoms with E-state index in [-0.39, 0.29) is 18.4 Å². The van der Waals surface area contributed by atoms with Crippen LogP contribution in [-0.2, 0) is 10.3 Å². The van der Waals surface area contributed by atoms with Gasteiger partial charge in [0, 0.05) is 11.8 Å². The Labute approximate surface area is 167 Å². The first-order valence-corrected chi connectivity index (χ1v) is 8.98. The molecule has 0 saturated carbocycles. The van der Waals surface area contributed by atoms with Crippen LogP contribution in [0.1, 0.15) is 11.1 Å². The van der Waals surface area contributed by atoms with E-state index in [1.54, 1.807) is 31.6 Å². The summed E-state index contributed by atoms with van der Waals surface area (Å²) < 4.78 is 30.3. The zero-order valence-electron chi connectivity index (χ0n) is 16.1. The van der Waals surface area contributed by atoms with Crippen LogP contribution in [0.5, 0.6) is 11.5 Å². The molecule has 4 rings (SSSR count). The highest BCUT2D eigenvalue weighted by atomic mass is 19.1. The van der Waals surface area contributed by atoms with Gasteiger partial charge in [0.1, 0.15) is 12.4 Å². The SMILES string of the molecule is COc1cncc(-c2cccc([C@]3(c4ccc(OC)c(F)c4)COC(N)=N3)c2)c1. The fourth-order valence-electron chi connectivity index (χ4n) is 3.46. The van der Waals surface area contributed by atoms with Gasteiger partial charge >= 0.3 is 0 Å². The first-order chi connectivity index (χ1) is 14.1. The summed E-state index contributed by atoms with van der Waals surface area (Å²) in [5.41, 5.74) is 8.14. The highest BCUT2D eigenvalue weighted by Crippen LogP contribution is 2.40. The summed E-state index contributed by atoms with van der Waals surface area (Å²) in [6.07, 6.45) is 3.40. The Bertz CT molecular complexity index is 1090. The number of hydrogen-bond donors (Lipinski definition) is 1. The van der Waals surface area contributed by atoms with Crippen molar-refractivity contribution >= 4 is 6.02 Å². The molecule has 0 spiro atoms. The zero-order valence-corrected chi connectivity index (χ0v) is 16.1. The van der Waals surface area contributed by atoms with E-state index in [0.717, 1.165) is 16.7 Å². The van der Waals surface area contributed by atoms with Crippen molar-refractivity contribution in [3.63, 3.8) is 0 Å². The van der Waals surface area contributed by atoms with E-state index in [9.17, 15) is 4.39 Å². The normalized spacial score (nSPS) is 18.1. The highest BCUT2D eigenvalue weighted by molar-refractivity contribution is 5.76. The Balaban J connectivity index is 1.84. The number of benzene rings is 2. The number of halogens is 1. The molecule has 0 unspecified atom stereocenters. The third kappa shape index (κ3) is 3.35. The van der Waals surface area contributed by atoms with Crippen LogP contribution < -0.4 is 15.2 Å². The third-order valence-corrected chi connectivity index (χ3v) is 4.98. The largest absolute Gasteiger partial charge is 0.495 e. The average Bonchev–Trinajstić information content (AvgIpc) is 3.17. The molecular formula is C22H20FN3O3. The van der Waals surface area contributed by atoms with Crippen molar-refractivity contribution in [1.29, 1.82) is 0 Å². The van der Waals surface area contributed by atoms with E-state index in [4.69, 9.17) is 19.9 Å². The van der Waals surface area contributed by atoms with Crippen molar-refractivity contribution in [3.05, 3.63) is 77.9 Å². The quantitative estimate of drug-likeness (QED) is 0.718. The van der Waals surface area contributed by atoms with E-state index < -0.39 is 11.4 Å². The molecule has 1 aliphatic heterocycles. The van der Waals surface area contributed by atoms with Gasteiger partial charge in [-0.3, -0.25) is 4.98 Å². The number of hydrogen-bond acceptors (Lipinski definition) is 6. The molecule has 29 heavy (non-hydrogen) atoms. The molecule has 0 saturated heterocycles. The molecule has 0 amide bonds. The number of rotatable bonds is 5. The second-order valence-corrected chi connectivity index (χ2v) is 6.64. The second-order valence-electron chi connectivity index (χ2n) is 6.64. The lowest BCUT2D eigenvalue weighted by Gasteiger charge is -2.26. The summed E-state index contributed by atoms with van der Waals surface area (Å²) in [6, 6.07) is 14.5. The molecule has 2 aromatic carbocycles. The summed E-state index contributed by atoms with van der Waals surface area (Å²) in [5, 5.41) is 0. The van der Waals surface area contributed by atoms with Gasteiger partial charge < -0.3 is 19.9 Å². The first-order valence-electron chi connectivity index (χ1n) is 8.98. The van der Waals surface area contributed by atoms with Gasteiger partial charge in [-0.2, -0.15) is 0 Å². The van der Waals surface area contributed by atoms with Gasteiger partial charge in [0.25, 0.3) is 6.02 Å². The summed E-state index contributed by atoms with van der Waals surface area (Å²) in [6.45, 7) is 0.171. The van der Waals surface area contributed by atoms with E-state index >= 15 is 0 Å². The predicted octanol–water partition coefficient (Wildman–Crippen LogP) is 3.49. The lowest BCUT2D eigenvalue weighted by atomic mass is 9.83. The van der Waals surface area contributed by atoms with Crippen molar-refractivity contribution in [2.24, 2.45) is 10.7 Å². The number of nitrogens with two attached hydrogens (primary N) is 1. The van der Waals surface area contributed by atoms with Crippen LogP contribution in [0.3, 0.4) is 0 Å². The molecule has 0 aliphatic carbocycles. The summed E-state index contributed by atoms with van der Waals surface area (Å²) in [5.74, 6) is 0.348. The van der Waals surface area contributed by atoms with Crippen molar-refractivity contribution < 1.29 is 18.6 Å². The minimum Gasteiger partial charge on any atom is -0.495 e. The number of aromatic nitrogens is 1. The van der Waals surface area contributed by atoms with Gasteiger partial charge in [-0.15, -0.1) is 0 Å². The van der Waals surface area contributed by atoms with Crippen molar-refractivity contribution in [1.82, 2.24) is 4.98 Å². The Kier molecular flexibility index (Phi) is 4.80. The average molecular weight is 393 g/mol. The second kappa shape index (κ2) is 7.43. The van der Waals surface area contributed by atoms with Crippen LogP contribution in [0.2, 0.25) is 0 Å². The Morgan fingerprint density at radius 1 is 1.00 bits per heavy atom. The fraction of sp³-hybridized carbons (Fsp3) is 0.182. The summed E-state index contributed by atoms with van der Waals surface area (Å²) in [4.78, 5) is 8.77. The van der Waals surface area contributed by atoms with Crippen LogP contribution in [-0.4, -0.2) is 31.8 Å². The monoisotopic (exact) mass is 393 g/mol. The van der Waals surface area contributed by atoms with Crippen molar-refractivity contribution in [2.75, 3.05) is 20.8 Å². The molecular weight excluding hydrogens is 373 g/mol.